The third kappa shape index (κ3) is 3.19. The van der Waals surface area contributed by atoms with E-state index in [9.17, 15) is 9.59 Å². The number of amides is 2. The summed E-state index contributed by atoms with van der Waals surface area (Å²) in [5.74, 6) is -0.835. The van der Waals surface area contributed by atoms with Crippen molar-refractivity contribution in [1.29, 1.82) is 0 Å². The largest absolute Gasteiger partial charge is 0.350 e. The Morgan fingerprint density at radius 3 is 2.25 bits per heavy atom. The first kappa shape index (κ1) is 18.0. The Morgan fingerprint density at radius 2 is 1.54 bits per heavy atom. The van der Waals surface area contributed by atoms with Gasteiger partial charge >= 0.3 is 0 Å². The molecule has 4 nitrogen and oxygen atoms in total. The van der Waals surface area contributed by atoms with E-state index in [4.69, 9.17) is 11.6 Å². The number of rotatable bonds is 4. The number of halogens is 1. The predicted octanol–water partition coefficient (Wildman–Crippen LogP) is 5.05. The molecule has 2 amide bonds. The first-order valence-electron chi connectivity index (χ1n) is 8.83. The van der Waals surface area contributed by atoms with Gasteiger partial charge in [-0.15, -0.1) is 0 Å². The zero-order valence-corrected chi connectivity index (χ0v) is 15.9. The summed E-state index contributed by atoms with van der Waals surface area (Å²) < 4.78 is 0. The number of hydrogen-bond acceptors (Lipinski definition) is 3. The van der Waals surface area contributed by atoms with Crippen LogP contribution in [0, 0.1) is 6.92 Å². The van der Waals surface area contributed by atoms with Crippen LogP contribution >= 0.6 is 11.6 Å². The molecule has 4 rings (SSSR count). The number of nitrogens with zero attached hydrogens (tertiary/aromatic N) is 1. The Labute approximate surface area is 168 Å². The van der Waals surface area contributed by atoms with E-state index in [0.717, 1.165) is 16.2 Å². The molecule has 0 saturated heterocycles. The molecule has 0 saturated carbocycles. The smallest absolute Gasteiger partial charge is 0.282 e. The minimum Gasteiger partial charge on any atom is -0.350 e. The lowest BCUT2D eigenvalue weighted by atomic mass is 10.0. The van der Waals surface area contributed by atoms with Crippen LogP contribution in [-0.4, -0.2) is 11.8 Å². The van der Waals surface area contributed by atoms with Gasteiger partial charge in [-0.2, -0.15) is 0 Å². The van der Waals surface area contributed by atoms with Gasteiger partial charge in [-0.3, -0.25) is 9.59 Å². The second-order valence-corrected chi connectivity index (χ2v) is 6.91. The van der Waals surface area contributed by atoms with Gasteiger partial charge in [0.25, 0.3) is 11.8 Å². The molecule has 0 spiro atoms. The highest BCUT2D eigenvalue weighted by atomic mass is 35.5. The zero-order chi connectivity index (χ0) is 19.7. The summed E-state index contributed by atoms with van der Waals surface area (Å²) in [6, 6.07) is 23.6. The lowest BCUT2D eigenvalue weighted by Crippen LogP contribution is -2.32. The van der Waals surface area contributed by atoms with Crippen molar-refractivity contribution < 1.29 is 9.59 Å². The predicted molar refractivity (Wildman–Crippen MR) is 112 cm³/mol. The molecule has 3 aromatic carbocycles. The van der Waals surface area contributed by atoms with E-state index >= 15 is 0 Å². The van der Waals surface area contributed by atoms with E-state index in [1.165, 1.54) is 0 Å². The maximum atomic E-state index is 13.3. The van der Waals surface area contributed by atoms with Crippen molar-refractivity contribution in [3.63, 3.8) is 0 Å². The molecule has 1 heterocycles. The van der Waals surface area contributed by atoms with Crippen molar-refractivity contribution >= 4 is 40.4 Å². The van der Waals surface area contributed by atoms with E-state index < -0.39 is 11.8 Å². The molecule has 0 aliphatic carbocycles. The third-order valence-electron chi connectivity index (χ3n) is 4.53. The first-order valence-corrected chi connectivity index (χ1v) is 9.21. The van der Waals surface area contributed by atoms with Crippen molar-refractivity contribution in [2.45, 2.75) is 6.92 Å². The topological polar surface area (TPSA) is 49.4 Å². The maximum Gasteiger partial charge on any atom is 0.282 e. The van der Waals surface area contributed by atoms with Gasteiger partial charge in [-0.1, -0.05) is 66.2 Å². The van der Waals surface area contributed by atoms with E-state index in [1.807, 2.05) is 61.5 Å². The van der Waals surface area contributed by atoms with E-state index in [1.54, 1.807) is 24.3 Å². The molecule has 28 heavy (non-hydrogen) atoms. The van der Waals surface area contributed by atoms with Crippen molar-refractivity contribution in [3.05, 3.63) is 101 Å². The molecule has 0 radical (unpaired) electrons. The van der Waals surface area contributed by atoms with Crippen LogP contribution < -0.4 is 10.2 Å². The van der Waals surface area contributed by atoms with Crippen LogP contribution in [-0.2, 0) is 9.59 Å². The van der Waals surface area contributed by atoms with Gasteiger partial charge in [0.1, 0.15) is 5.70 Å². The number of para-hydroxylation sites is 1. The number of imide groups is 1. The minimum atomic E-state index is -0.432. The van der Waals surface area contributed by atoms with Gasteiger partial charge in [0.15, 0.2) is 0 Å². The number of carbonyl (C=O) groups excluding carboxylic acids is 2. The van der Waals surface area contributed by atoms with Crippen LogP contribution in [0.1, 0.15) is 11.1 Å². The highest BCUT2D eigenvalue weighted by Gasteiger charge is 2.40. The number of aryl methyl sites for hydroxylation is 1. The van der Waals surface area contributed by atoms with E-state index in [-0.39, 0.29) is 5.70 Å². The quantitative estimate of drug-likeness (QED) is 0.636. The lowest BCUT2D eigenvalue weighted by molar-refractivity contribution is -0.120. The minimum absolute atomic E-state index is 0.238. The molecule has 0 atom stereocenters. The van der Waals surface area contributed by atoms with Gasteiger partial charge < -0.3 is 5.32 Å². The lowest BCUT2D eigenvalue weighted by Gasteiger charge is -2.16. The van der Waals surface area contributed by atoms with E-state index in [0.29, 0.717) is 21.8 Å². The molecule has 138 valence electrons. The van der Waals surface area contributed by atoms with Gasteiger partial charge in [0.05, 0.1) is 16.3 Å². The number of carbonyl (C=O) groups is 2. The number of benzene rings is 3. The molecular formula is C23H17ClN2O2. The van der Waals surface area contributed by atoms with Crippen LogP contribution in [0.3, 0.4) is 0 Å². The number of nitrogens with one attached hydrogen (secondary N) is 1. The molecule has 5 heteroatoms. The van der Waals surface area contributed by atoms with Crippen molar-refractivity contribution in [1.82, 2.24) is 0 Å². The summed E-state index contributed by atoms with van der Waals surface area (Å²) in [5, 5.41) is 3.50. The fraction of sp³-hybridized carbons (Fsp3) is 0.0435. The third-order valence-corrected chi connectivity index (χ3v) is 4.85. The monoisotopic (exact) mass is 388 g/mol. The maximum absolute atomic E-state index is 13.3. The molecule has 0 unspecified atom stereocenters. The van der Waals surface area contributed by atoms with Gasteiger partial charge in [-0.25, -0.2) is 4.90 Å². The van der Waals surface area contributed by atoms with Crippen molar-refractivity contribution in [2.75, 3.05) is 10.2 Å². The molecular weight excluding hydrogens is 372 g/mol. The summed E-state index contributed by atoms with van der Waals surface area (Å²) in [7, 11) is 0. The Morgan fingerprint density at radius 1 is 0.821 bits per heavy atom. The summed E-state index contributed by atoms with van der Waals surface area (Å²) in [5.41, 5.74) is 3.39. The van der Waals surface area contributed by atoms with Gasteiger partial charge in [0, 0.05) is 5.69 Å². The fourth-order valence-electron chi connectivity index (χ4n) is 3.24. The normalized spacial score (nSPS) is 14.0. The zero-order valence-electron chi connectivity index (χ0n) is 15.1. The van der Waals surface area contributed by atoms with Crippen LogP contribution in [0.2, 0.25) is 5.02 Å². The van der Waals surface area contributed by atoms with Crippen LogP contribution in [0.4, 0.5) is 11.4 Å². The first-order chi connectivity index (χ1) is 13.6. The van der Waals surface area contributed by atoms with E-state index in [2.05, 4.69) is 5.32 Å². The molecule has 3 aromatic rings. The van der Waals surface area contributed by atoms with Gasteiger partial charge in [0.2, 0.25) is 0 Å². The highest BCUT2D eigenvalue weighted by molar-refractivity contribution is 6.48. The Balaban J connectivity index is 1.84. The molecule has 1 N–H and O–H groups in total. The molecule has 0 bridgehead atoms. The summed E-state index contributed by atoms with van der Waals surface area (Å²) >= 11 is 6.27. The Kier molecular flexibility index (Phi) is 4.72. The Hall–Kier alpha value is -3.37. The summed E-state index contributed by atoms with van der Waals surface area (Å²) in [6.45, 7) is 1.97. The number of anilines is 2. The van der Waals surface area contributed by atoms with Crippen molar-refractivity contribution in [2.24, 2.45) is 0 Å². The molecule has 1 aliphatic rings. The van der Waals surface area contributed by atoms with Gasteiger partial charge in [-0.05, 0) is 42.3 Å². The second kappa shape index (κ2) is 7.33. The standard InChI is InChI=1S/C23H17ClN2O2/c1-15-8-7-11-17(14-15)25-21-20(16-9-3-2-4-10-16)22(27)26(23(21)28)19-13-6-5-12-18(19)24/h2-14,25H,1H3. The van der Waals surface area contributed by atoms with Crippen molar-refractivity contribution in [3.8, 4) is 0 Å². The molecule has 1 aliphatic heterocycles. The average molecular weight is 389 g/mol. The molecule has 0 fully saturated rings. The highest BCUT2D eigenvalue weighted by Crippen LogP contribution is 2.36. The van der Waals surface area contributed by atoms with Crippen LogP contribution in [0.5, 0.6) is 0 Å². The fourth-order valence-corrected chi connectivity index (χ4v) is 3.46. The summed E-state index contributed by atoms with van der Waals surface area (Å²) in [4.78, 5) is 27.7. The summed E-state index contributed by atoms with van der Waals surface area (Å²) in [6.07, 6.45) is 0. The second-order valence-electron chi connectivity index (χ2n) is 6.51. The Bertz CT molecular complexity index is 1110. The average Bonchev–Trinajstić information content (AvgIpc) is 2.93. The van der Waals surface area contributed by atoms with Crippen LogP contribution in [0.25, 0.3) is 5.57 Å². The molecule has 0 aromatic heterocycles. The number of hydrogen-bond donors (Lipinski definition) is 1. The van der Waals surface area contributed by atoms with Crippen LogP contribution in [0.15, 0.2) is 84.6 Å². The SMILES string of the molecule is Cc1cccc(NC2=C(c3ccccc3)C(=O)N(c3ccccc3Cl)C2=O)c1.